The summed E-state index contributed by atoms with van der Waals surface area (Å²) in [5.41, 5.74) is 2.66. The molecule has 0 aromatic heterocycles. The number of methoxy groups -OCH3 is 1. The van der Waals surface area contributed by atoms with E-state index in [1.54, 1.807) is 7.11 Å². The Morgan fingerprint density at radius 1 is 1.33 bits per heavy atom. The normalized spacial score (nSPS) is 29.1. The Labute approximate surface area is 143 Å². The van der Waals surface area contributed by atoms with Crippen LogP contribution in [0.5, 0.6) is 5.75 Å². The Bertz CT molecular complexity index is 660. The number of ether oxygens (including phenoxy) is 1. The van der Waals surface area contributed by atoms with Crippen molar-refractivity contribution >= 4 is 5.91 Å². The Morgan fingerprint density at radius 3 is 2.92 bits per heavy atom. The molecule has 0 saturated carbocycles. The number of aryl methyl sites for hydroxylation is 2. The van der Waals surface area contributed by atoms with Crippen molar-refractivity contribution in [3.63, 3.8) is 0 Å². The zero-order valence-corrected chi connectivity index (χ0v) is 14.3. The summed E-state index contributed by atoms with van der Waals surface area (Å²) in [5.74, 6) is 0.835. The molecule has 0 spiro atoms. The molecule has 3 aliphatic rings. The van der Waals surface area contributed by atoms with E-state index in [4.69, 9.17) is 4.74 Å². The van der Waals surface area contributed by atoms with Crippen molar-refractivity contribution in [3.05, 3.63) is 28.8 Å². The van der Waals surface area contributed by atoms with Gasteiger partial charge in [-0.1, -0.05) is 0 Å². The summed E-state index contributed by atoms with van der Waals surface area (Å²) in [7, 11) is 1.63. The second-order valence-electron chi connectivity index (χ2n) is 7.43. The molecule has 2 heterocycles. The molecule has 1 aliphatic carbocycles. The first kappa shape index (κ1) is 15.9. The summed E-state index contributed by atoms with van der Waals surface area (Å²) in [6, 6.07) is 4.07. The molecule has 0 radical (unpaired) electrons. The summed E-state index contributed by atoms with van der Waals surface area (Å²) >= 11 is 0. The number of nitrogens with zero attached hydrogens (tertiary/aromatic N) is 1. The molecule has 2 aliphatic heterocycles. The van der Waals surface area contributed by atoms with E-state index in [2.05, 4.69) is 5.32 Å². The molecule has 0 bridgehead atoms. The number of nitrogens with one attached hydrogen (secondary N) is 1. The second kappa shape index (κ2) is 6.05. The van der Waals surface area contributed by atoms with Crippen LogP contribution in [0.25, 0.3) is 0 Å². The van der Waals surface area contributed by atoms with Gasteiger partial charge in [0.05, 0.1) is 18.3 Å². The quantitative estimate of drug-likeness (QED) is 0.860. The molecular weight excluding hydrogens is 304 g/mol. The van der Waals surface area contributed by atoms with Gasteiger partial charge in [0.25, 0.3) is 5.91 Å². The van der Waals surface area contributed by atoms with Crippen molar-refractivity contribution in [1.29, 1.82) is 0 Å². The molecule has 1 aromatic rings. The van der Waals surface area contributed by atoms with Gasteiger partial charge < -0.3 is 20.1 Å². The number of fused-ring (bicyclic) bond motifs is 2. The maximum absolute atomic E-state index is 13.1. The molecule has 130 valence electrons. The molecular formula is C19H26N2O3. The van der Waals surface area contributed by atoms with Gasteiger partial charge in [0, 0.05) is 25.6 Å². The average Bonchev–Trinajstić information content (AvgIpc) is 3.06. The molecule has 5 nitrogen and oxygen atoms in total. The third kappa shape index (κ3) is 2.60. The van der Waals surface area contributed by atoms with Crippen molar-refractivity contribution in [3.8, 4) is 5.75 Å². The zero-order chi connectivity index (χ0) is 16.7. The molecule has 24 heavy (non-hydrogen) atoms. The van der Waals surface area contributed by atoms with Gasteiger partial charge in [-0.3, -0.25) is 4.79 Å². The summed E-state index contributed by atoms with van der Waals surface area (Å²) in [6.45, 7) is 2.87. The van der Waals surface area contributed by atoms with E-state index >= 15 is 0 Å². The van der Waals surface area contributed by atoms with Crippen molar-refractivity contribution < 1.29 is 14.6 Å². The summed E-state index contributed by atoms with van der Waals surface area (Å²) in [6.07, 6.45) is 4.72. The highest BCUT2D eigenvalue weighted by molar-refractivity contribution is 5.97. The lowest BCUT2D eigenvalue weighted by molar-refractivity contribution is -0.0817. The Morgan fingerprint density at radius 2 is 2.12 bits per heavy atom. The van der Waals surface area contributed by atoms with Gasteiger partial charge >= 0.3 is 0 Å². The van der Waals surface area contributed by atoms with E-state index in [9.17, 15) is 9.90 Å². The van der Waals surface area contributed by atoms with Gasteiger partial charge in [0.15, 0.2) is 0 Å². The van der Waals surface area contributed by atoms with Crippen molar-refractivity contribution in [2.24, 2.45) is 5.92 Å². The molecule has 2 N–H and O–H groups in total. The van der Waals surface area contributed by atoms with E-state index < -0.39 is 5.60 Å². The first-order valence-electron chi connectivity index (χ1n) is 9.03. The van der Waals surface area contributed by atoms with Crippen molar-refractivity contribution in [2.75, 3.05) is 33.3 Å². The fourth-order valence-corrected chi connectivity index (χ4v) is 4.52. The van der Waals surface area contributed by atoms with Crippen molar-refractivity contribution in [1.82, 2.24) is 10.2 Å². The number of piperidine rings is 2. The Balaban J connectivity index is 1.58. The molecule has 1 amide bonds. The van der Waals surface area contributed by atoms with Gasteiger partial charge in [-0.15, -0.1) is 0 Å². The number of carbonyl (C=O) groups excluding carboxylic acids is 1. The maximum Gasteiger partial charge on any atom is 0.257 e. The van der Waals surface area contributed by atoms with Crippen LogP contribution in [0.2, 0.25) is 0 Å². The monoisotopic (exact) mass is 330 g/mol. The zero-order valence-electron chi connectivity index (χ0n) is 14.3. The minimum Gasteiger partial charge on any atom is -0.496 e. The lowest BCUT2D eigenvalue weighted by atomic mass is 9.76. The molecule has 2 atom stereocenters. The van der Waals surface area contributed by atoms with E-state index in [-0.39, 0.29) is 11.8 Å². The largest absolute Gasteiger partial charge is 0.496 e. The molecule has 5 heteroatoms. The highest BCUT2D eigenvalue weighted by Crippen LogP contribution is 2.35. The molecule has 1 aromatic carbocycles. The first-order valence-corrected chi connectivity index (χ1v) is 9.03. The topological polar surface area (TPSA) is 61.8 Å². The lowest BCUT2D eigenvalue weighted by Crippen LogP contribution is -2.59. The fourth-order valence-electron chi connectivity index (χ4n) is 4.52. The van der Waals surface area contributed by atoms with Crippen molar-refractivity contribution in [2.45, 2.75) is 37.7 Å². The Hall–Kier alpha value is -1.59. The summed E-state index contributed by atoms with van der Waals surface area (Å²) in [4.78, 5) is 15.0. The number of benzene rings is 1. The minimum absolute atomic E-state index is 0.0363. The maximum atomic E-state index is 13.1. The van der Waals surface area contributed by atoms with E-state index in [0.717, 1.165) is 38.8 Å². The molecule has 4 rings (SSSR count). The smallest absolute Gasteiger partial charge is 0.257 e. The third-order valence-electron chi connectivity index (χ3n) is 6.07. The number of rotatable bonds is 2. The minimum atomic E-state index is -0.607. The predicted octanol–water partition coefficient (Wildman–Crippen LogP) is 1.37. The molecule has 2 fully saturated rings. The SMILES string of the molecule is COc1cc2c(cc1C(=O)N1CC[C@@]3(O)CCNC[C@H]3C1)CCC2. The third-order valence-corrected chi connectivity index (χ3v) is 6.07. The van der Waals surface area contributed by atoms with Crippen LogP contribution in [-0.4, -0.2) is 54.8 Å². The molecule has 0 unspecified atom stereocenters. The number of aliphatic hydroxyl groups is 1. The highest BCUT2D eigenvalue weighted by atomic mass is 16.5. The number of likely N-dealkylation sites (tertiary alicyclic amines) is 1. The number of hydrogen-bond acceptors (Lipinski definition) is 4. The number of hydrogen-bond donors (Lipinski definition) is 2. The van der Waals surface area contributed by atoms with Crippen LogP contribution in [0.3, 0.4) is 0 Å². The van der Waals surface area contributed by atoms with Gasteiger partial charge in [0.1, 0.15) is 5.75 Å². The van der Waals surface area contributed by atoms with E-state index in [1.165, 1.54) is 11.1 Å². The van der Waals surface area contributed by atoms with Crippen LogP contribution < -0.4 is 10.1 Å². The van der Waals surface area contributed by atoms with Crippen LogP contribution in [0.1, 0.15) is 40.7 Å². The highest BCUT2D eigenvalue weighted by Gasteiger charge is 2.44. The second-order valence-corrected chi connectivity index (χ2v) is 7.43. The van der Waals surface area contributed by atoms with Gasteiger partial charge in [-0.25, -0.2) is 0 Å². The number of amides is 1. The van der Waals surface area contributed by atoms with Crippen LogP contribution in [0.4, 0.5) is 0 Å². The lowest BCUT2D eigenvalue weighted by Gasteiger charge is -2.47. The summed E-state index contributed by atoms with van der Waals surface area (Å²) < 4.78 is 5.50. The van der Waals surface area contributed by atoms with E-state index in [1.807, 2.05) is 17.0 Å². The predicted molar refractivity (Wildman–Crippen MR) is 91.5 cm³/mol. The van der Waals surface area contributed by atoms with Gasteiger partial charge in [0.2, 0.25) is 0 Å². The number of carbonyl (C=O) groups is 1. The summed E-state index contributed by atoms with van der Waals surface area (Å²) in [5, 5.41) is 14.1. The standard InChI is InChI=1S/C19H26N2O3/c1-24-17-10-14-4-2-3-13(14)9-16(17)18(22)21-8-6-19(23)5-7-20-11-15(19)12-21/h9-10,15,20,23H,2-8,11-12H2,1H3/t15-,19-/m0/s1. The van der Waals surface area contributed by atoms with Crippen LogP contribution in [-0.2, 0) is 12.8 Å². The average molecular weight is 330 g/mol. The van der Waals surface area contributed by atoms with Gasteiger partial charge in [-0.2, -0.15) is 0 Å². The van der Waals surface area contributed by atoms with E-state index in [0.29, 0.717) is 30.8 Å². The first-order chi connectivity index (χ1) is 11.6. The molecule has 2 saturated heterocycles. The van der Waals surface area contributed by atoms with Crippen LogP contribution in [0.15, 0.2) is 12.1 Å². The van der Waals surface area contributed by atoms with Crippen LogP contribution in [0, 0.1) is 5.92 Å². The van der Waals surface area contributed by atoms with Gasteiger partial charge in [-0.05, 0) is 61.9 Å². The fraction of sp³-hybridized carbons (Fsp3) is 0.632. The van der Waals surface area contributed by atoms with Crippen LogP contribution >= 0.6 is 0 Å². The Kier molecular flexibility index (Phi) is 4.01.